The van der Waals surface area contributed by atoms with Gasteiger partial charge in [-0.1, -0.05) is 0 Å². The Bertz CT molecular complexity index is 127. The molecular formula is C9H20O4. The van der Waals surface area contributed by atoms with Crippen LogP contribution in [0.25, 0.3) is 0 Å². The molecule has 0 aliphatic carbocycles. The highest BCUT2D eigenvalue weighted by Crippen LogP contribution is 2.23. The number of ether oxygens (including phenoxy) is 1. The smallest absolute Gasteiger partial charge is 0.156 e. The number of hydrogen-bond donors (Lipinski definition) is 3. The molecule has 13 heavy (non-hydrogen) atoms. The summed E-state index contributed by atoms with van der Waals surface area (Å²) in [7, 11) is 0. The third-order valence-electron chi connectivity index (χ3n) is 1.63. The molecule has 0 radical (unpaired) electrons. The molecule has 0 saturated carbocycles. The zero-order chi connectivity index (χ0) is 10.5. The fourth-order valence-corrected chi connectivity index (χ4v) is 0.962. The van der Waals surface area contributed by atoms with Gasteiger partial charge in [-0.2, -0.15) is 0 Å². The monoisotopic (exact) mass is 192 g/mol. The average Bonchev–Trinajstić information content (AvgIpc) is 2.34. The summed E-state index contributed by atoms with van der Waals surface area (Å²) >= 11 is 0. The van der Waals surface area contributed by atoms with Crippen LogP contribution in [0.4, 0.5) is 0 Å². The number of rotatable bonds is 1. The summed E-state index contributed by atoms with van der Waals surface area (Å²) < 4.78 is 5.24. The Kier molecular flexibility index (Phi) is 4.85. The number of aliphatic hydroxyl groups is 3. The van der Waals surface area contributed by atoms with Crippen molar-refractivity contribution in [1.82, 2.24) is 0 Å². The SMILES string of the molecule is CC(C)(O)O.CC1(CO)CCCO1. The number of hydrogen-bond acceptors (Lipinski definition) is 4. The summed E-state index contributed by atoms with van der Waals surface area (Å²) in [6.07, 6.45) is 2.10. The predicted molar refractivity (Wildman–Crippen MR) is 49.2 cm³/mol. The van der Waals surface area contributed by atoms with Crippen molar-refractivity contribution in [1.29, 1.82) is 0 Å². The van der Waals surface area contributed by atoms with Crippen LogP contribution in [0.15, 0.2) is 0 Å². The molecule has 1 unspecified atom stereocenters. The third kappa shape index (κ3) is 8.18. The molecule has 1 heterocycles. The molecule has 1 saturated heterocycles. The van der Waals surface area contributed by atoms with Crippen molar-refractivity contribution in [2.75, 3.05) is 13.2 Å². The maximum absolute atomic E-state index is 8.70. The van der Waals surface area contributed by atoms with Gasteiger partial charge in [-0.05, 0) is 33.6 Å². The Labute approximate surface area is 79.2 Å². The molecule has 1 atom stereocenters. The van der Waals surface area contributed by atoms with Crippen molar-refractivity contribution in [3.05, 3.63) is 0 Å². The zero-order valence-corrected chi connectivity index (χ0v) is 8.58. The Morgan fingerprint density at radius 2 is 1.85 bits per heavy atom. The molecule has 0 aromatic heterocycles. The van der Waals surface area contributed by atoms with E-state index in [1.165, 1.54) is 13.8 Å². The normalized spacial score (nSPS) is 28.2. The van der Waals surface area contributed by atoms with E-state index in [9.17, 15) is 0 Å². The topological polar surface area (TPSA) is 69.9 Å². The molecule has 3 N–H and O–H groups in total. The Hall–Kier alpha value is -0.160. The van der Waals surface area contributed by atoms with Gasteiger partial charge in [-0.15, -0.1) is 0 Å². The van der Waals surface area contributed by atoms with Crippen molar-refractivity contribution in [2.45, 2.75) is 45.0 Å². The molecule has 1 rings (SSSR count). The second kappa shape index (κ2) is 4.91. The van der Waals surface area contributed by atoms with Gasteiger partial charge in [0.05, 0.1) is 12.2 Å². The van der Waals surface area contributed by atoms with Crippen LogP contribution in [0.1, 0.15) is 33.6 Å². The summed E-state index contributed by atoms with van der Waals surface area (Å²) in [6, 6.07) is 0. The van der Waals surface area contributed by atoms with Gasteiger partial charge in [0.15, 0.2) is 5.79 Å². The molecule has 0 bridgehead atoms. The van der Waals surface area contributed by atoms with Crippen molar-refractivity contribution < 1.29 is 20.1 Å². The molecule has 1 aliphatic rings. The predicted octanol–water partition coefficient (Wildman–Crippen LogP) is 0.255. The third-order valence-corrected chi connectivity index (χ3v) is 1.63. The van der Waals surface area contributed by atoms with Gasteiger partial charge in [0, 0.05) is 6.61 Å². The van der Waals surface area contributed by atoms with E-state index in [0.717, 1.165) is 19.4 Å². The minimum absolute atomic E-state index is 0.160. The van der Waals surface area contributed by atoms with Crippen LogP contribution in [0.2, 0.25) is 0 Å². The van der Waals surface area contributed by atoms with Gasteiger partial charge in [-0.25, -0.2) is 0 Å². The van der Waals surface area contributed by atoms with Crippen molar-refractivity contribution >= 4 is 0 Å². The Morgan fingerprint density at radius 1 is 1.38 bits per heavy atom. The summed E-state index contributed by atoms with van der Waals surface area (Å²) in [5, 5.41) is 24.9. The zero-order valence-electron chi connectivity index (χ0n) is 8.58. The first kappa shape index (κ1) is 12.8. The molecule has 1 fully saturated rings. The lowest BCUT2D eigenvalue weighted by Crippen LogP contribution is -2.27. The van der Waals surface area contributed by atoms with E-state index in [1.54, 1.807) is 0 Å². The molecule has 0 spiro atoms. The molecule has 4 heteroatoms. The number of aliphatic hydroxyl groups excluding tert-OH is 1. The van der Waals surface area contributed by atoms with Crippen LogP contribution >= 0.6 is 0 Å². The Balaban J connectivity index is 0.000000252. The first-order chi connectivity index (χ1) is 5.77. The first-order valence-electron chi connectivity index (χ1n) is 4.46. The van der Waals surface area contributed by atoms with Gasteiger partial charge in [0.25, 0.3) is 0 Å². The van der Waals surface area contributed by atoms with E-state index in [0.29, 0.717) is 0 Å². The standard InChI is InChI=1S/C6H12O2.C3H8O2/c1-6(5-7)3-2-4-8-6;1-3(2,4)5/h7H,2-5H2,1H3;4-5H,1-2H3. The molecule has 0 amide bonds. The van der Waals surface area contributed by atoms with Gasteiger partial charge in [-0.3, -0.25) is 0 Å². The van der Waals surface area contributed by atoms with Gasteiger partial charge in [0.2, 0.25) is 0 Å². The van der Waals surface area contributed by atoms with Gasteiger partial charge < -0.3 is 20.1 Å². The highest BCUT2D eigenvalue weighted by atomic mass is 16.5. The lowest BCUT2D eigenvalue weighted by atomic mass is 10.1. The maximum Gasteiger partial charge on any atom is 0.156 e. The largest absolute Gasteiger partial charge is 0.393 e. The summed E-state index contributed by atoms with van der Waals surface area (Å²) in [4.78, 5) is 0. The van der Waals surface area contributed by atoms with Gasteiger partial charge >= 0.3 is 0 Å². The van der Waals surface area contributed by atoms with Gasteiger partial charge in [0.1, 0.15) is 0 Å². The van der Waals surface area contributed by atoms with E-state index in [4.69, 9.17) is 20.1 Å². The van der Waals surface area contributed by atoms with E-state index in [-0.39, 0.29) is 12.2 Å². The molecule has 0 aromatic carbocycles. The fourth-order valence-electron chi connectivity index (χ4n) is 0.962. The lowest BCUT2D eigenvalue weighted by molar-refractivity contribution is -0.127. The van der Waals surface area contributed by atoms with E-state index < -0.39 is 5.79 Å². The lowest BCUT2D eigenvalue weighted by Gasteiger charge is -2.18. The van der Waals surface area contributed by atoms with Crippen LogP contribution in [-0.2, 0) is 4.74 Å². The highest BCUT2D eigenvalue weighted by molar-refractivity contribution is 4.78. The van der Waals surface area contributed by atoms with Crippen molar-refractivity contribution in [3.63, 3.8) is 0 Å². The summed E-state index contributed by atoms with van der Waals surface area (Å²) in [5.41, 5.74) is -0.208. The molecule has 0 aromatic rings. The van der Waals surface area contributed by atoms with Crippen LogP contribution in [-0.4, -0.2) is 39.9 Å². The van der Waals surface area contributed by atoms with E-state index in [1.807, 2.05) is 6.92 Å². The second-order valence-corrected chi connectivity index (χ2v) is 4.05. The average molecular weight is 192 g/mol. The quantitative estimate of drug-likeness (QED) is 0.521. The van der Waals surface area contributed by atoms with Crippen LogP contribution in [0, 0.1) is 0 Å². The summed E-state index contributed by atoms with van der Waals surface area (Å²) in [5.74, 6) is -1.50. The van der Waals surface area contributed by atoms with Crippen LogP contribution in [0.5, 0.6) is 0 Å². The second-order valence-electron chi connectivity index (χ2n) is 4.05. The molecule has 1 aliphatic heterocycles. The fraction of sp³-hybridized carbons (Fsp3) is 1.00. The first-order valence-corrected chi connectivity index (χ1v) is 4.46. The Morgan fingerprint density at radius 3 is 2.00 bits per heavy atom. The minimum atomic E-state index is -1.50. The van der Waals surface area contributed by atoms with E-state index in [2.05, 4.69) is 0 Å². The minimum Gasteiger partial charge on any atom is -0.393 e. The van der Waals surface area contributed by atoms with E-state index >= 15 is 0 Å². The van der Waals surface area contributed by atoms with Crippen molar-refractivity contribution in [3.8, 4) is 0 Å². The highest BCUT2D eigenvalue weighted by Gasteiger charge is 2.28. The van der Waals surface area contributed by atoms with Crippen LogP contribution < -0.4 is 0 Å². The molecular weight excluding hydrogens is 172 g/mol. The molecule has 4 nitrogen and oxygen atoms in total. The molecule has 80 valence electrons. The van der Waals surface area contributed by atoms with Crippen LogP contribution in [0.3, 0.4) is 0 Å². The maximum atomic E-state index is 8.70. The summed E-state index contributed by atoms with van der Waals surface area (Å²) in [6.45, 7) is 5.52. The van der Waals surface area contributed by atoms with Crippen molar-refractivity contribution in [2.24, 2.45) is 0 Å².